The fourth-order valence-corrected chi connectivity index (χ4v) is 3.18. The maximum Gasteiger partial charge on any atom is 0.262 e. The van der Waals surface area contributed by atoms with Crippen molar-refractivity contribution in [2.45, 2.75) is 19.3 Å². The van der Waals surface area contributed by atoms with Gasteiger partial charge in [0.15, 0.2) is 6.61 Å². The molecule has 4 heteroatoms. The second-order valence-corrected chi connectivity index (χ2v) is 7.79. The summed E-state index contributed by atoms with van der Waals surface area (Å²) in [5.74, 6) is 0.493. The van der Waals surface area contributed by atoms with Crippen molar-refractivity contribution < 1.29 is 9.53 Å². The number of carbonyl (C=O) groups excluding carboxylic acids is 1. The molecule has 0 saturated carbocycles. The molecule has 0 spiro atoms. The molecule has 4 nitrogen and oxygen atoms in total. The molecule has 3 rings (SSSR count). The van der Waals surface area contributed by atoms with Gasteiger partial charge in [-0.25, -0.2) is 0 Å². The van der Waals surface area contributed by atoms with Crippen LogP contribution in [0.1, 0.15) is 25.0 Å². The van der Waals surface area contributed by atoms with Crippen molar-refractivity contribution in [2.24, 2.45) is 0 Å². The highest BCUT2D eigenvalue weighted by Crippen LogP contribution is 2.32. The zero-order valence-corrected chi connectivity index (χ0v) is 17.5. The van der Waals surface area contributed by atoms with E-state index in [9.17, 15) is 4.79 Å². The fraction of sp³-hybridized carbons (Fsp3) is 0.240. The van der Waals surface area contributed by atoms with E-state index in [1.165, 1.54) is 11.1 Å². The lowest BCUT2D eigenvalue weighted by Crippen LogP contribution is -2.20. The molecule has 0 aliphatic heterocycles. The quantitative estimate of drug-likeness (QED) is 0.612. The van der Waals surface area contributed by atoms with Crippen LogP contribution in [-0.2, 0) is 10.2 Å². The summed E-state index contributed by atoms with van der Waals surface area (Å²) < 4.78 is 5.66. The molecule has 1 N–H and O–H groups in total. The Bertz CT molecular complexity index is 931. The van der Waals surface area contributed by atoms with E-state index >= 15 is 0 Å². The molecule has 0 radical (unpaired) electrons. The molecule has 0 unspecified atom stereocenters. The molecule has 0 aromatic heterocycles. The maximum atomic E-state index is 12.2. The Morgan fingerprint density at radius 1 is 0.862 bits per heavy atom. The van der Waals surface area contributed by atoms with Gasteiger partial charge in [-0.15, -0.1) is 0 Å². The second-order valence-electron chi connectivity index (χ2n) is 7.79. The largest absolute Gasteiger partial charge is 0.484 e. The van der Waals surface area contributed by atoms with Gasteiger partial charge in [-0.05, 0) is 47.5 Å². The Labute approximate surface area is 173 Å². The van der Waals surface area contributed by atoms with E-state index in [2.05, 4.69) is 55.6 Å². The normalized spacial score (nSPS) is 11.0. The molecule has 0 atom stereocenters. The van der Waals surface area contributed by atoms with E-state index in [0.717, 1.165) is 11.4 Å². The van der Waals surface area contributed by atoms with E-state index in [-0.39, 0.29) is 17.9 Å². The summed E-state index contributed by atoms with van der Waals surface area (Å²) in [6.07, 6.45) is 0. The molecule has 0 fully saturated rings. The summed E-state index contributed by atoms with van der Waals surface area (Å²) in [6, 6.07) is 26.0. The lowest BCUT2D eigenvalue weighted by atomic mass is 9.78. The van der Waals surface area contributed by atoms with Gasteiger partial charge in [-0.2, -0.15) is 0 Å². The van der Waals surface area contributed by atoms with Crippen LogP contribution in [0.3, 0.4) is 0 Å². The minimum absolute atomic E-state index is 0.0309. The smallest absolute Gasteiger partial charge is 0.262 e. The number of anilines is 2. The van der Waals surface area contributed by atoms with Crippen LogP contribution >= 0.6 is 0 Å². The van der Waals surface area contributed by atoms with Crippen LogP contribution in [0.5, 0.6) is 5.75 Å². The van der Waals surface area contributed by atoms with Crippen LogP contribution in [0.2, 0.25) is 0 Å². The van der Waals surface area contributed by atoms with Crippen molar-refractivity contribution in [1.82, 2.24) is 0 Å². The van der Waals surface area contributed by atoms with Gasteiger partial charge in [0, 0.05) is 30.9 Å². The van der Waals surface area contributed by atoms with Crippen LogP contribution < -0.4 is 15.0 Å². The van der Waals surface area contributed by atoms with Gasteiger partial charge in [0.2, 0.25) is 0 Å². The highest BCUT2D eigenvalue weighted by Gasteiger charge is 2.22. The number of hydrogen-bond acceptors (Lipinski definition) is 3. The minimum Gasteiger partial charge on any atom is -0.484 e. The average molecular weight is 389 g/mol. The first-order valence-corrected chi connectivity index (χ1v) is 9.72. The van der Waals surface area contributed by atoms with E-state index < -0.39 is 0 Å². The van der Waals surface area contributed by atoms with Crippen LogP contribution in [0.4, 0.5) is 11.4 Å². The Balaban J connectivity index is 1.56. The van der Waals surface area contributed by atoms with Crippen LogP contribution in [0.25, 0.3) is 0 Å². The number of ether oxygens (including phenoxy) is 1. The summed E-state index contributed by atoms with van der Waals surface area (Å²) >= 11 is 0. The van der Waals surface area contributed by atoms with Crippen molar-refractivity contribution in [3.8, 4) is 5.75 Å². The number of hydrogen-bond donors (Lipinski definition) is 1. The van der Waals surface area contributed by atoms with Gasteiger partial charge in [-0.1, -0.05) is 56.3 Å². The van der Waals surface area contributed by atoms with Gasteiger partial charge >= 0.3 is 0 Å². The van der Waals surface area contributed by atoms with E-state index in [0.29, 0.717) is 5.75 Å². The Morgan fingerprint density at radius 2 is 1.45 bits per heavy atom. The monoisotopic (exact) mass is 388 g/mol. The third-order valence-corrected chi connectivity index (χ3v) is 5.11. The van der Waals surface area contributed by atoms with Crippen molar-refractivity contribution >= 4 is 17.3 Å². The minimum atomic E-state index is -0.184. The zero-order valence-electron chi connectivity index (χ0n) is 17.5. The summed E-state index contributed by atoms with van der Waals surface area (Å²) in [5, 5.41) is 2.85. The second kappa shape index (κ2) is 8.82. The standard InChI is InChI=1S/C25H28N2O2/c1-25(2,19-8-6-5-7-9-19)20-10-16-23(17-11-20)29-18-24(28)26-21-12-14-22(15-13-21)27(3)4/h5-17H,18H2,1-4H3,(H,26,28). The van der Waals surface area contributed by atoms with Crippen LogP contribution in [0.15, 0.2) is 78.9 Å². The first kappa shape index (κ1) is 20.5. The van der Waals surface area contributed by atoms with Gasteiger partial charge < -0.3 is 15.0 Å². The summed E-state index contributed by atoms with van der Waals surface area (Å²) in [5.41, 5.74) is 4.19. The Hall–Kier alpha value is -3.27. The maximum absolute atomic E-state index is 12.2. The zero-order chi connectivity index (χ0) is 20.9. The molecule has 0 bridgehead atoms. The molecule has 0 saturated heterocycles. The number of carbonyl (C=O) groups is 1. The predicted molar refractivity (Wildman–Crippen MR) is 120 cm³/mol. The molecule has 0 heterocycles. The number of amides is 1. The van der Waals surface area contributed by atoms with E-state index in [1.54, 1.807) is 0 Å². The number of rotatable bonds is 7. The molecule has 150 valence electrons. The summed E-state index contributed by atoms with van der Waals surface area (Å²) in [4.78, 5) is 14.2. The van der Waals surface area contributed by atoms with Crippen LogP contribution in [0, 0.1) is 0 Å². The molecule has 0 aliphatic rings. The lowest BCUT2D eigenvalue weighted by Gasteiger charge is -2.26. The highest BCUT2D eigenvalue weighted by atomic mass is 16.5. The van der Waals surface area contributed by atoms with Crippen molar-refractivity contribution in [1.29, 1.82) is 0 Å². The van der Waals surface area contributed by atoms with Gasteiger partial charge in [0.25, 0.3) is 5.91 Å². The topological polar surface area (TPSA) is 41.6 Å². The summed E-state index contributed by atoms with van der Waals surface area (Å²) in [7, 11) is 3.96. The average Bonchev–Trinajstić information content (AvgIpc) is 2.73. The van der Waals surface area contributed by atoms with Crippen molar-refractivity contribution in [3.05, 3.63) is 90.0 Å². The van der Waals surface area contributed by atoms with Crippen molar-refractivity contribution in [3.63, 3.8) is 0 Å². The predicted octanol–water partition coefficient (Wildman–Crippen LogP) is 5.10. The molecular weight excluding hydrogens is 360 g/mol. The van der Waals surface area contributed by atoms with Gasteiger partial charge in [0.05, 0.1) is 0 Å². The third kappa shape index (κ3) is 5.17. The Morgan fingerprint density at radius 3 is 2.03 bits per heavy atom. The number of benzene rings is 3. The molecule has 3 aromatic rings. The first-order valence-electron chi connectivity index (χ1n) is 9.72. The molecule has 3 aromatic carbocycles. The highest BCUT2D eigenvalue weighted by molar-refractivity contribution is 5.92. The Kier molecular flexibility index (Phi) is 6.23. The molecule has 0 aliphatic carbocycles. The molecular formula is C25H28N2O2. The fourth-order valence-electron chi connectivity index (χ4n) is 3.18. The first-order chi connectivity index (χ1) is 13.9. The SMILES string of the molecule is CN(C)c1ccc(NC(=O)COc2ccc(C(C)(C)c3ccccc3)cc2)cc1. The summed E-state index contributed by atoms with van der Waals surface area (Å²) in [6.45, 7) is 4.37. The number of nitrogens with zero attached hydrogens (tertiary/aromatic N) is 1. The lowest BCUT2D eigenvalue weighted by molar-refractivity contribution is -0.118. The van der Waals surface area contributed by atoms with Crippen molar-refractivity contribution in [2.75, 3.05) is 30.9 Å². The molecule has 1 amide bonds. The van der Waals surface area contributed by atoms with Gasteiger partial charge in [0.1, 0.15) is 5.75 Å². The van der Waals surface area contributed by atoms with E-state index in [4.69, 9.17) is 4.74 Å². The third-order valence-electron chi connectivity index (χ3n) is 5.11. The van der Waals surface area contributed by atoms with Crippen LogP contribution in [-0.4, -0.2) is 26.6 Å². The number of nitrogens with one attached hydrogen (secondary N) is 1. The molecule has 29 heavy (non-hydrogen) atoms. The van der Waals surface area contributed by atoms with Gasteiger partial charge in [-0.3, -0.25) is 4.79 Å². The van der Waals surface area contributed by atoms with E-state index in [1.807, 2.05) is 61.5 Å².